The number of halogens is 3. The number of carbonyl (C=O) groups excluding carboxylic acids is 1. The predicted molar refractivity (Wildman–Crippen MR) is 52.1 cm³/mol. The molecule has 0 bridgehead atoms. The summed E-state index contributed by atoms with van der Waals surface area (Å²) in [6, 6.07) is 0. The van der Waals surface area contributed by atoms with Gasteiger partial charge in [-0.05, 0) is 6.42 Å². The van der Waals surface area contributed by atoms with E-state index in [4.69, 9.17) is 15.6 Å². The molecule has 100 valence electrons. The molecule has 0 radical (unpaired) electrons. The molecule has 1 aliphatic heterocycles. The number of nitrogens with two attached hydrogens (primary N) is 1. The highest BCUT2D eigenvalue weighted by Gasteiger charge is 2.38. The molecule has 0 spiro atoms. The van der Waals surface area contributed by atoms with E-state index in [0.29, 0.717) is 6.54 Å². The fourth-order valence-electron chi connectivity index (χ4n) is 1.55. The van der Waals surface area contributed by atoms with E-state index < -0.39 is 30.7 Å². The summed E-state index contributed by atoms with van der Waals surface area (Å²) in [5.41, 5.74) is 5.03. The van der Waals surface area contributed by atoms with Gasteiger partial charge in [-0.3, -0.25) is 9.69 Å². The summed E-state index contributed by atoms with van der Waals surface area (Å²) in [5, 5.41) is 8.82. The van der Waals surface area contributed by atoms with Gasteiger partial charge in [-0.2, -0.15) is 13.2 Å². The molecule has 0 aliphatic carbocycles. The van der Waals surface area contributed by atoms with Crippen LogP contribution in [0.3, 0.4) is 0 Å². The van der Waals surface area contributed by atoms with E-state index in [1.807, 2.05) is 0 Å². The second-order valence-corrected chi connectivity index (χ2v) is 3.91. The normalized spacial score (nSPS) is 24.6. The molecule has 17 heavy (non-hydrogen) atoms. The topological polar surface area (TPSA) is 75.8 Å². The summed E-state index contributed by atoms with van der Waals surface area (Å²) in [4.78, 5) is 12.5. The van der Waals surface area contributed by atoms with Crippen molar-refractivity contribution in [3.63, 3.8) is 0 Å². The highest BCUT2D eigenvalue weighted by molar-refractivity contribution is 5.79. The maximum Gasteiger partial charge on any atom is 0.414 e. The van der Waals surface area contributed by atoms with Gasteiger partial charge in [0.2, 0.25) is 5.91 Å². The highest BCUT2D eigenvalue weighted by atomic mass is 19.4. The van der Waals surface area contributed by atoms with E-state index in [2.05, 4.69) is 0 Å². The van der Waals surface area contributed by atoms with Crippen LogP contribution in [0, 0.1) is 0 Å². The van der Waals surface area contributed by atoms with Gasteiger partial charge in [0.05, 0.1) is 6.61 Å². The molecule has 1 aliphatic rings. The van der Waals surface area contributed by atoms with Crippen LogP contribution >= 0.6 is 0 Å². The van der Waals surface area contributed by atoms with Gasteiger partial charge < -0.3 is 15.6 Å². The minimum absolute atomic E-state index is 0.0494. The average Bonchev–Trinajstić information content (AvgIpc) is 2.25. The third kappa shape index (κ3) is 4.49. The van der Waals surface area contributed by atoms with E-state index in [1.165, 1.54) is 0 Å². The monoisotopic (exact) mass is 256 g/mol. The molecule has 1 amide bonds. The first kappa shape index (κ1) is 14.2. The van der Waals surface area contributed by atoms with E-state index in [9.17, 15) is 18.0 Å². The third-order valence-electron chi connectivity index (χ3n) is 2.56. The van der Waals surface area contributed by atoms with Crippen molar-refractivity contribution in [3.05, 3.63) is 0 Å². The summed E-state index contributed by atoms with van der Waals surface area (Å²) >= 11 is 0. The Morgan fingerprint density at radius 2 is 2.24 bits per heavy atom. The first-order chi connectivity index (χ1) is 7.80. The Morgan fingerprint density at radius 1 is 1.59 bits per heavy atom. The molecule has 1 heterocycles. The van der Waals surface area contributed by atoms with Crippen molar-refractivity contribution < 1.29 is 27.8 Å². The summed E-state index contributed by atoms with van der Waals surface area (Å²) in [5.74, 6) is -0.633. The number of aliphatic hydroxyl groups is 1. The van der Waals surface area contributed by atoms with Crippen molar-refractivity contribution in [2.75, 3.05) is 26.2 Å². The summed E-state index contributed by atoms with van der Waals surface area (Å²) in [6.07, 6.45) is -8.14. The van der Waals surface area contributed by atoms with Gasteiger partial charge in [0.1, 0.15) is 6.10 Å². The molecule has 5 nitrogen and oxygen atoms in total. The third-order valence-corrected chi connectivity index (χ3v) is 2.56. The molecule has 1 saturated heterocycles. The molecule has 1 fully saturated rings. The van der Waals surface area contributed by atoms with Crippen LogP contribution in [0.25, 0.3) is 0 Å². The first-order valence-corrected chi connectivity index (χ1v) is 5.18. The number of hydrogen-bond donors (Lipinski definition) is 2. The Kier molecular flexibility index (Phi) is 4.72. The Hall–Kier alpha value is -0.860. The lowest BCUT2D eigenvalue weighted by Crippen LogP contribution is -2.49. The molecule has 3 N–H and O–H groups in total. The molecule has 1 rings (SSSR count). The molecule has 0 aromatic carbocycles. The summed E-state index contributed by atoms with van der Waals surface area (Å²) in [7, 11) is 0. The largest absolute Gasteiger partial charge is 0.414 e. The second-order valence-electron chi connectivity index (χ2n) is 3.91. The number of primary amides is 1. The van der Waals surface area contributed by atoms with Crippen LogP contribution in [-0.4, -0.2) is 60.5 Å². The maximum atomic E-state index is 12.0. The Morgan fingerprint density at radius 3 is 2.76 bits per heavy atom. The van der Waals surface area contributed by atoms with E-state index in [0.717, 1.165) is 0 Å². The van der Waals surface area contributed by atoms with Crippen LogP contribution < -0.4 is 5.73 Å². The number of carbonyl (C=O) groups is 1. The van der Waals surface area contributed by atoms with Gasteiger partial charge in [0, 0.05) is 19.6 Å². The predicted octanol–water partition coefficient (Wildman–Crippen LogP) is -0.514. The second kappa shape index (κ2) is 5.65. The highest BCUT2D eigenvalue weighted by Crippen LogP contribution is 2.22. The van der Waals surface area contributed by atoms with Crippen molar-refractivity contribution in [2.24, 2.45) is 5.73 Å². The molecule has 0 aromatic rings. The zero-order valence-electron chi connectivity index (χ0n) is 9.11. The Labute approximate surface area is 96.3 Å². The van der Waals surface area contributed by atoms with Crippen LogP contribution in [0.1, 0.15) is 6.42 Å². The number of morpholine rings is 1. The molecular formula is C9H15F3N2O3. The quantitative estimate of drug-likeness (QED) is 0.710. The zero-order valence-corrected chi connectivity index (χ0v) is 9.11. The van der Waals surface area contributed by atoms with Crippen LogP contribution in [0.2, 0.25) is 0 Å². The average molecular weight is 256 g/mol. The Bertz CT molecular complexity index is 273. The number of aliphatic hydroxyl groups excluding tert-OH is 1. The number of ether oxygens (including phenoxy) is 1. The van der Waals surface area contributed by atoms with Crippen LogP contribution in [0.15, 0.2) is 0 Å². The summed E-state index contributed by atoms with van der Waals surface area (Å²) < 4.78 is 41.2. The van der Waals surface area contributed by atoms with Gasteiger partial charge in [0.15, 0.2) is 6.10 Å². The first-order valence-electron chi connectivity index (χ1n) is 5.18. The molecule has 2 atom stereocenters. The number of nitrogens with zero attached hydrogens (tertiary/aromatic N) is 1. The van der Waals surface area contributed by atoms with E-state index >= 15 is 0 Å². The van der Waals surface area contributed by atoms with E-state index in [-0.39, 0.29) is 19.7 Å². The lowest BCUT2D eigenvalue weighted by molar-refractivity contribution is -0.206. The van der Waals surface area contributed by atoms with Crippen molar-refractivity contribution in [2.45, 2.75) is 24.8 Å². The van der Waals surface area contributed by atoms with Gasteiger partial charge in [0.25, 0.3) is 0 Å². The fourth-order valence-corrected chi connectivity index (χ4v) is 1.55. The zero-order chi connectivity index (χ0) is 13.1. The molecule has 0 saturated carbocycles. The van der Waals surface area contributed by atoms with Gasteiger partial charge in [-0.25, -0.2) is 0 Å². The molecular weight excluding hydrogens is 241 g/mol. The van der Waals surface area contributed by atoms with Gasteiger partial charge in [-0.1, -0.05) is 0 Å². The summed E-state index contributed by atoms with van der Waals surface area (Å²) in [6.45, 7) is 0.887. The minimum atomic E-state index is -4.60. The minimum Gasteiger partial charge on any atom is -0.384 e. The number of rotatable bonds is 4. The molecule has 1 unspecified atom stereocenters. The van der Waals surface area contributed by atoms with Crippen LogP contribution in [0.5, 0.6) is 0 Å². The number of amides is 1. The van der Waals surface area contributed by atoms with Crippen LogP contribution in [-0.2, 0) is 9.53 Å². The molecule has 0 aromatic heterocycles. The van der Waals surface area contributed by atoms with Crippen molar-refractivity contribution in [1.29, 1.82) is 0 Å². The van der Waals surface area contributed by atoms with E-state index in [1.54, 1.807) is 4.90 Å². The fraction of sp³-hybridized carbons (Fsp3) is 0.889. The van der Waals surface area contributed by atoms with Crippen LogP contribution in [0.4, 0.5) is 13.2 Å². The Balaban J connectivity index is 2.35. The lowest BCUT2D eigenvalue weighted by atomic mass is 10.2. The van der Waals surface area contributed by atoms with Crippen molar-refractivity contribution in [1.82, 2.24) is 4.90 Å². The smallest absolute Gasteiger partial charge is 0.384 e. The maximum absolute atomic E-state index is 12.0. The van der Waals surface area contributed by atoms with Gasteiger partial charge >= 0.3 is 6.18 Å². The SMILES string of the molecule is NC(=O)C1CN(CC[C@H](O)C(F)(F)F)CCO1. The van der Waals surface area contributed by atoms with Gasteiger partial charge in [-0.15, -0.1) is 0 Å². The number of hydrogen-bond acceptors (Lipinski definition) is 4. The molecule has 8 heteroatoms. The standard InChI is InChI=1S/C9H15F3N2O3/c10-9(11,12)7(15)1-2-14-3-4-17-6(5-14)8(13)16/h6-7,15H,1-5H2,(H2,13,16)/t6?,7-/m0/s1. The van der Waals surface area contributed by atoms with Crippen molar-refractivity contribution >= 4 is 5.91 Å². The number of alkyl halides is 3. The van der Waals surface area contributed by atoms with Crippen molar-refractivity contribution in [3.8, 4) is 0 Å². The lowest BCUT2D eigenvalue weighted by Gasteiger charge is -2.31.